The lowest BCUT2D eigenvalue weighted by molar-refractivity contribution is -0.137. The summed E-state index contributed by atoms with van der Waals surface area (Å²) in [5.41, 5.74) is 0.878. The fraction of sp³-hybridized carbons (Fsp3) is 0.429. The third-order valence-electron chi connectivity index (χ3n) is 2.87. The van der Waals surface area contributed by atoms with Crippen LogP contribution >= 0.6 is 35.6 Å². The molecule has 0 spiro atoms. The van der Waals surface area contributed by atoms with Gasteiger partial charge >= 0.3 is 5.97 Å². The Morgan fingerprint density at radius 3 is 2.64 bits per heavy atom. The number of likely N-dealkylation sites (N-methyl/N-ethyl adjacent to an activating group) is 1. The van der Waals surface area contributed by atoms with Crippen molar-refractivity contribution in [2.45, 2.75) is 12.8 Å². The molecule has 0 bridgehead atoms. The van der Waals surface area contributed by atoms with Crippen molar-refractivity contribution in [2.75, 3.05) is 26.7 Å². The number of amides is 1. The van der Waals surface area contributed by atoms with Gasteiger partial charge in [0, 0.05) is 13.1 Å². The Balaban J connectivity index is 0.00000441. The summed E-state index contributed by atoms with van der Waals surface area (Å²) in [6.45, 7) is 0.950. The van der Waals surface area contributed by atoms with E-state index in [1.165, 1.54) is 0 Å². The fourth-order valence-corrected chi connectivity index (χ4v) is 2.16. The number of halogens is 3. The molecular formula is C14H19Cl3N2O3. The standard InChI is InChI=1S/C14H18Cl2N2O3.ClH/c1-18(8-6-13(20)21)9-12(19)17-7-5-10-3-2-4-11(15)14(10)16;/h2-4H,5-9H2,1H3,(H,17,19)(H,20,21);1H. The molecule has 0 heterocycles. The number of carboxylic acid groups (broad SMARTS) is 1. The monoisotopic (exact) mass is 368 g/mol. The Kier molecular flexibility index (Phi) is 10.2. The van der Waals surface area contributed by atoms with Crippen LogP contribution in [0.5, 0.6) is 0 Å². The molecule has 124 valence electrons. The van der Waals surface area contributed by atoms with E-state index in [9.17, 15) is 9.59 Å². The highest BCUT2D eigenvalue weighted by atomic mass is 35.5. The molecule has 0 saturated heterocycles. The number of benzene rings is 1. The van der Waals surface area contributed by atoms with Crippen molar-refractivity contribution in [3.8, 4) is 0 Å². The molecule has 0 aliphatic rings. The van der Waals surface area contributed by atoms with E-state index in [-0.39, 0.29) is 31.3 Å². The molecule has 1 aromatic rings. The van der Waals surface area contributed by atoms with Gasteiger partial charge in [-0.15, -0.1) is 12.4 Å². The number of carbonyl (C=O) groups excluding carboxylic acids is 1. The Labute approximate surface area is 146 Å². The highest BCUT2D eigenvalue weighted by molar-refractivity contribution is 6.42. The maximum atomic E-state index is 11.7. The van der Waals surface area contributed by atoms with Gasteiger partial charge in [-0.25, -0.2) is 0 Å². The van der Waals surface area contributed by atoms with Crippen molar-refractivity contribution in [3.05, 3.63) is 33.8 Å². The summed E-state index contributed by atoms with van der Waals surface area (Å²) in [7, 11) is 1.70. The van der Waals surface area contributed by atoms with E-state index in [1.54, 1.807) is 18.0 Å². The van der Waals surface area contributed by atoms with Gasteiger partial charge in [-0.05, 0) is 25.1 Å². The van der Waals surface area contributed by atoms with Crippen molar-refractivity contribution in [3.63, 3.8) is 0 Å². The molecule has 1 amide bonds. The first kappa shape index (κ1) is 21.0. The van der Waals surface area contributed by atoms with E-state index in [2.05, 4.69) is 5.32 Å². The fourth-order valence-electron chi connectivity index (χ4n) is 1.74. The highest BCUT2D eigenvalue weighted by Gasteiger charge is 2.09. The van der Waals surface area contributed by atoms with Crippen molar-refractivity contribution >= 4 is 47.5 Å². The quantitative estimate of drug-likeness (QED) is 0.738. The largest absolute Gasteiger partial charge is 0.481 e. The zero-order valence-electron chi connectivity index (χ0n) is 12.1. The maximum absolute atomic E-state index is 11.7. The molecular weight excluding hydrogens is 351 g/mol. The number of rotatable bonds is 8. The molecule has 2 N–H and O–H groups in total. The Hall–Kier alpha value is -1.01. The van der Waals surface area contributed by atoms with Crippen LogP contribution in [0.2, 0.25) is 10.0 Å². The van der Waals surface area contributed by atoms with Crippen molar-refractivity contribution in [1.29, 1.82) is 0 Å². The van der Waals surface area contributed by atoms with Crippen LogP contribution in [0.25, 0.3) is 0 Å². The third-order valence-corrected chi connectivity index (χ3v) is 3.73. The molecule has 0 radical (unpaired) electrons. The molecule has 0 unspecified atom stereocenters. The first-order valence-electron chi connectivity index (χ1n) is 6.50. The van der Waals surface area contributed by atoms with Gasteiger partial charge in [0.25, 0.3) is 0 Å². The Morgan fingerprint density at radius 2 is 2.00 bits per heavy atom. The van der Waals surface area contributed by atoms with Gasteiger partial charge in [0.15, 0.2) is 0 Å². The Bertz CT molecular complexity index is 512. The number of aliphatic carboxylic acids is 1. The van der Waals surface area contributed by atoms with Crippen LogP contribution in [0, 0.1) is 0 Å². The summed E-state index contributed by atoms with van der Waals surface area (Å²) in [6, 6.07) is 5.38. The van der Waals surface area contributed by atoms with Gasteiger partial charge in [0.1, 0.15) is 0 Å². The summed E-state index contributed by atoms with van der Waals surface area (Å²) in [6.07, 6.45) is 0.603. The zero-order valence-corrected chi connectivity index (χ0v) is 14.5. The molecule has 0 atom stereocenters. The van der Waals surface area contributed by atoms with Gasteiger partial charge in [0.2, 0.25) is 5.91 Å². The number of carboxylic acids is 1. The smallest absolute Gasteiger partial charge is 0.304 e. The van der Waals surface area contributed by atoms with E-state index >= 15 is 0 Å². The topological polar surface area (TPSA) is 69.6 Å². The van der Waals surface area contributed by atoms with Crippen LogP contribution in [-0.4, -0.2) is 48.6 Å². The molecule has 0 saturated carbocycles. The first-order chi connectivity index (χ1) is 9.90. The third kappa shape index (κ3) is 7.84. The lowest BCUT2D eigenvalue weighted by atomic mass is 10.1. The highest BCUT2D eigenvalue weighted by Crippen LogP contribution is 2.25. The van der Waals surface area contributed by atoms with Crippen molar-refractivity contribution in [2.24, 2.45) is 0 Å². The normalized spacial score (nSPS) is 10.2. The SMILES string of the molecule is CN(CCC(=O)O)CC(=O)NCCc1cccc(Cl)c1Cl.Cl. The molecule has 22 heavy (non-hydrogen) atoms. The number of carbonyl (C=O) groups is 2. The van der Waals surface area contributed by atoms with Gasteiger partial charge < -0.3 is 10.4 Å². The molecule has 0 aromatic heterocycles. The minimum atomic E-state index is -0.877. The second-order valence-corrected chi connectivity index (χ2v) is 5.48. The van der Waals surface area contributed by atoms with Gasteiger partial charge in [-0.3, -0.25) is 14.5 Å². The summed E-state index contributed by atoms with van der Waals surface area (Å²) in [5.74, 6) is -1.03. The molecule has 0 aliphatic heterocycles. The summed E-state index contributed by atoms with van der Waals surface area (Å²) in [4.78, 5) is 23.8. The van der Waals surface area contributed by atoms with Crippen LogP contribution in [0.4, 0.5) is 0 Å². The molecule has 5 nitrogen and oxygen atoms in total. The number of nitrogens with one attached hydrogen (secondary N) is 1. The van der Waals surface area contributed by atoms with Crippen LogP contribution in [0.1, 0.15) is 12.0 Å². The lowest BCUT2D eigenvalue weighted by Gasteiger charge is -2.15. The number of hydrogen-bond acceptors (Lipinski definition) is 3. The molecule has 0 aliphatic carbocycles. The average Bonchev–Trinajstić information content (AvgIpc) is 2.41. The number of hydrogen-bond donors (Lipinski definition) is 2. The van der Waals surface area contributed by atoms with E-state index in [0.29, 0.717) is 29.6 Å². The van der Waals surface area contributed by atoms with Gasteiger partial charge in [-0.2, -0.15) is 0 Å². The average molecular weight is 370 g/mol. The summed E-state index contributed by atoms with van der Waals surface area (Å²) < 4.78 is 0. The molecule has 1 rings (SSSR count). The molecule has 8 heteroatoms. The summed E-state index contributed by atoms with van der Waals surface area (Å²) in [5, 5.41) is 12.3. The van der Waals surface area contributed by atoms with E-state index < -0.39 is 5.97 Å². The zero-order chi connectivity index (χ0) is 15.8. The second-order valence-electron chi connectivity index (χ2n) is 4.69. The van der Waals surface area contributed by atoms with E-state index in [1.807, 2.05) is 12.1 Å². The van der Waals surface area contributed by atoms with Crippen molar-refractivity contribution < 1.29 is 14.7 Å². The summed E-state index contributed by atoms with van der Waals surface area (Å²) >= 11 is 12.0. The van der Waals surface area contributed by atoms with Crippen LogP contribution in [0.15, 0.2) is 18.2 Å². The lowest BCUT2D eigenvalue weighted by Crippen LogP contribution is -2.36. The van der Waals surface area contributed by atoms with E-state index in [0.717, 1.165) is 5.56 Å². The predicted octanol–water partition coefficient (Wildman–Crippen LogP) is 2.48. The van der Waals surface area contributed by atoms with Crippen LogP contribution in [0.3, 0.4) is 0 Å². The molecule has 1 aromatic carbocycles. The van der Waals surface area contributed by atoms with Crippen molar-refractivity contribution in [1.82, 2.24) is 10.2 Å². The number of nitrogens with zero attached hydrogens (tertiary/aromatic N) is 1. The molecule has 0 fully saturated rings. The van der Waals surface area contributed by atoms with E-state index in [4.69, 9.17) is 28.3 Å². The van der Waals surface area contributed by atoms with Crippen LogP contribution in [-0.2, 0) is 16.0 Å². The van der Waals surface area contributed by atoms with Crippen LogP contribution < -0.4 is 5.32 Å². The second kappa shape index (κ2) is 10.7. The van der Waals surface area contributed by atoms with Gasteiger partial charge in [0.05, 0.1) is 23.0 Å². The van der Waals surface area contributed by atoms with Gasteiger partial charge in [-0.1, -0.05) is 35.3 Å². The Morgan fingerprint density at radius 1 is 1.32 bits per heavy atom. The minimum absolute atomic E-state index is 0. The minimum Gasteiger partial charge on any atom is -0.481 e. The first-order valence-corrected chi connectivity index (χ1v) is 7.25. The maximum Gasteiger partial charge on any atom is 0.304 e. The predicted molar refractivity (Wildman–Crippen MR) is 90.2 cm³/mol.